The summed E-state index contributed by atoms with van der Waals surface area (Å²) >= 11 is 6.01. The molecule has 3 aromatic rings. The lowest BCUT2D eigenvalue weighted by molar-refractivity contribution is 0.0952. The van der Waals surface area contributed by atoms with E-state index in [1.807, 2.05) is 25.1 Å². The standard InChI is InChI=1S/C22H22ClFN2O/c1-3-4-13-25-22(27)18-14-21(16-9-11-17(23)12-10-16)26(15(18)2)20-8-6-5-7-19(20)24/h5-12,14H,3-4,13H2,1-2H3,(H,25,27). The quantitative estimate of drug-likeness (QED) is 0.537. The number of amides is 1. The smallest absolute Gasteiger partial charge is 0.253 e. The molecule has 0 saturated heterocycles. The zero-order valence-corrected chi connectivity index (χ0v) is 16.2. The molecule has 0 aliphatic carbocycles. The average Bonchev–Trinajstić information content (AvgIpc) is 3.00. The highest BCUT2D eigenvalue weighted by Crippen LogP contribution is 2.31. The predicted octanol–water partition coefficient (Wildman–Crippen LogP) is 5.78. The molecule has 1 aromatic heterocycles. The maximum absolute atomic E-state index is 14.5. The SMILES string of the molecule is CCCCNC(=O)c1cc(-c2ccc(Cl)cc2)n(-c2ccccc2F)c1C. The number of carbonyl (C=O) groups is 1. The Labute approximate surface area is 163 Å². The van der Waals surface area contributed by atoms with E-state index in [9.17, 15) is 9.18 Å². The van der Waals surface area contributed by atoms with E-state index in [1.54, 1.807) is 34.9 Å². The number of para-hydroxylation sites is 1. The Balaban J connectivity index is 2.13. The van der Waals surface area contributed by atoms with Crippen LogP contribution in [-0.4, -0.2) is 17.0 Å². The van der Waals surface area contributed by atoms with Crippen molar-refractivity contribution in [1.29, 1.82) is 0 Å². The number of hydrogen-bond donors (Lipinski definition) is 1. The normalized spacial score (nSPS) is 10.8. The molecular formula is C22H22ClFN2O. The van der Waals surface area contributed by atoms with E-state index in [0.717, 1.165) is 24.1 Å². The number of benzene rings is 2. The molecule has 0 spiro atoms. The fraction of sp³-hybridized carbons (Fsp3) is 0.227. The number of hydrogen-bond acceptors (Lipinski definition) is 1. The van der Waals surface area contributed by atoms with Crippen LogP contribution in [0.5, 0.6) is 0 Å². The number of rotatable bonds is 6. The maximum Gasteiger partial charge on any atom is 0.253 e. The van der Waals surface area contributed by atoms with E-state index >= 15 is 0 Å². The third-order valence-corrected chi connectivity index (χ3v) is 4.79. The molecule has 27 heavy (non-hydrogen) atoms. The van der Waals surface area contributed by atoms with Crippen molar-refractivity contribution in [2.45, 2.75) is 26.7 Å². The van der Waals surface area contributed by atoms with E-state index in [2.05, 4.69) is 12.2 Å². The van der Waals surface area contributed by atoms with Gasteiger partial charge in [-0.2, -0.15) is 0 Å². The molecule has 2 aromatic carbocycles. The van der Waals surface area contributed by atoms with Crippen molar-refractivity contribution < 1.29 is 9.18 Å². The van der Waals surface area contributed by atoms with Crippen molar-refractivity contribution in [1.82, 2.24) is 9.88 Å². The van der Waals surface area contributed by atoms with Crippen molar-refractivity contribution in [3.8, 4) is 16.9 Å². The fourth-order valence-electron chi connectivity index (χ4n) is 3.09. The molecule has 0 bridgehead atoms. The average molecular weight is 385 g/mol. The van der Waals surface area contributed by atoms with Gasteiger partial charge in [-0.1, -0.05) is 49.2 Å². The Bertz CT molecular complexity index is 947. The van der Waals surface area contributed by atoms with Crippen LogP contribution >= 0.6 is 11.6 Å². The van der Waals surface area contributed by atoms with Crippen molar-refractivity contribution in [3.05, 3.63) is 76.7 Å². The first-order chi connectivity index (χ1) is 13.0. The van der Waals surface area contributed by atoms with Gasteiger partial charge in [0.05, 0.1) is 16.9 Å². The summed E-state index contributed by atoms with van der Waals surface area (Å²) in [5, 5.41) is 3.56. The van der Waals surface area contributed by atoms with Crippen LogP contribution in [0.2, 0.25) is 5.02 Å². The summed E-state index contributed by atoms with van der Waals surface area (Å²) in [5.74, 6) is -0.490. The highest BCUT2D eigenvalue weighted by molar-refractivity contribution is 6.30. The van der Waals surface area contributed by atoms with E-state index in [0.29, 0.717) is 28.5 Å². The van der Waals surface area contributed by atoms with Crippen LogP contribution < -0.4 is 5.32 Å². The maximum atomic E-state index is 14.5. The molecule has 5 heteroatoms. The van der Waals surface area contributed by atoms with Crippen molar-refractivity contribution in [2.75, 3.05) is 6.54 Å². The lowest BCUT2D eigenvalue weighted by Gasteiger charge is -2.13. The fourth-order valence-corrected chi connectivity index (χ4v) is 3.21. The third kappa shape index (κ3) is 4.06. The number of nitrogens with zero attached hydrogens (tertiary/aromatic N) is 1. The zero-order valence-electron chi connectivity index (χ0n) is 15.4. The van der Waals surface area contributed by atoms with Crippen LogP contribution in [0.4, 0.5) is 4.39 Å². The van der Waals surface area contributed by atoms with Gasteiger partial charge in [-0.15, -0.1) is 0 Å². The van der Waals surface area contributed by atoms with Crippen molar-refractivity contribution in [3.63, 3.8) is 0 Å². The summed E-state index contributed by atoms with van der Waals surface area (Å²) in [5.41, 5.74) is 3.25. The Kier molecular flexibility index (Phi) is 5.97. The van der Waals surface area contributed by atoms with Gasteiger partial charge < -0.3 is 9.88 Å². The topological polar surface area (TPSA) is 34.0 Å². The van der Waals surface area contributed by atoms with Crippen molar-refractivity contribution in [2.24, 2.45) is 0 Å². The number of aromatic nitrogens is 1. The van der Waals surface area contributed by atoms with Gasteiger partial charge in [-0.3, -0.25) is 4.79 Å². The molecular weight excluding hydrogens is 363 g/mol. The predicted molar refractivity (Wildman–Crippen MR) is 108 cm³/mol. The monoisotopic (exact) mass is 384 g/mol. The van der Waals surface area contributed by atoms with Gasteiger partial charge in [0.15, 0.2) is 0 Å². The lowest BCUT2D eigenvalue weighted by atomic mass is 10.1. The molecule has 0 unspecified atom stereocenters. The molecule has 1 N–H and O–H groups in total. The van der Waals surface area contributed by atoms with Crippen LogP contribution in [0.3, 0.4) is 0 Å². The number of unbranched alkanes of at least 4 members (excludes halogenated alkanes) is 1. The summed E-state index contributed by atoms with van der Waals surface area (Å²) in [7, 11) is 0. The molecule has 1 heterocycles. The Morgan fingerprint density at radius 3 is 2.52 bits per heavy atom. The summed E-state index contributed by atoms with van der Waals surface area (Å²) in [6.07, 6.45) is 1.92. The Hall–Kier alpha value is -2.59. The number of carbonyl (C=O) groups excluding carboxylic acids is 1. The molecule has 0 saturated carbocycles. The number of nitrogens with one attached hydrogen (secondary N) is 1. The molecule has 0 fully saturated rings. The zero-order chi connectivity index (χ0) is 19.4. The van der Waals surface area contributed by atoms with Crippen LogP contribution in [0.15, 0.2) is 54.6 Å². The van der Waals surface area contributed by atoms with Crippen molar-refractivity contribution >= 4 is 17.5 Å². The second-order valence-electron chi connectivity index (χ2n) is 6.43. The van der Waals surface area contributed by atoms with E-state index in [1.165, 1.54) is 6.07 Å². The Morgan fingerprint density at radius 1 is 1.15 bits per heavy atom. The minimum absolute atomic E-state index is 0.147. The van der Waals surface area contributed by atoms with Gasteiger partial charge in [0.1, 0.15) is 5.82 Å². The third-order valence-electron chi connectivity index (χ3n) is 4.54. The van der Waals surface area contributed by atoms with Crippen LogP contribution in [0.25, 0.3) is 16.9 Å². The van der Waals surface area contributed by atoms with E-state index in [-0.39, 0.29) is 11.7 Å². The summed E-state index contributed by atoms with van der Waals surface area (Å²) in [4.78, 5) is 12.7. The molecule has 0 aliphatic rings. The molecule has 0 radical (unpaired) electrons. The minimum Gasteiger partial charge on any atom is -0.352 e. The second-order valence-corrected chi connectivity index (χ2v) is 6.87. The molecule has 3 nitrogen and oxygen atoms in total. The van der Waals surface area contributed by atoms with Gasteiger partial charge >= 0.3 is 0 Å². The molecule has 0 atom stereocenters. The number of halogens is 2. The largest absolute Gasteiger partial charge is 0.352 e. The van der Waals surface area contributed by atoms with E-state index in [4.69, 9.17) is 11.6 Å². The van der Waals surface area contributed by atoms with Gasteiger partial charge in [-0.25, -0.2) is 4.39 Å². The molecule has 0 aliphatic heterocycles. The first-order valence-electron chi connectivity index (χ1n) is 9.04. The van der Waals surface area contributed by atoms with Gasteiger partial charge in [-0.05, 0) is 49.2 Å². The minimum atomic E-state index is -0.343. The highest BCUT2D eigenvalue weighted by atomic mass is 35.5. The summed E-state index contributed by atoms with van der Waals surface area (Å²) < 4.78 is 16.3. The Morgan fingerprint density at radius 2 is 1.85 bits per heavy atom. The van der Waals surface area contributed by atoms with Crippen LogP contribution in [-0.2, 0) is 0 Å². The van der Waals surface area contributed by atoms with Crippen LogP contribution in [0, 0.1) is 12.7 Å². The molecule has 3 rings (SSSR count). The highest BCUT2D eigenvalue weighted by Gasteiger charge is 2.20. The first kappa shape index (κ1) is 19.2. The van der Waals surface area contributed by atoms with E-state index < -0.39 is 0 Å². The molecule has 1 amide bonds. The first-order valence-corrected chi connectivity index (χ1v) is 9.42. The summed E-state index contributed by atoms with van der Waals surface area (Å²) in [6.45, 7) is 4.53. The van der Waals surface area contributed by atoms with Gasteiger partial charge in [0.2, 0.25) is 0 Å². The molecule has 140 valence electrons. The van der Waals surface area contributed by atoms with Crippen LogP contribution in [0.1, 0.15) is 35.8 Å². The second kappa shape index (κ2) is 8.40. The van der Waals surface area contributed by atoms with Gasteiger partial charge in [0.25, 0.3) is 5.91 Å². The summed E-state index contributed by atoms with van der Waals surface area (Å²) in [6, 6.07) is 15.7. The lowest BCUT2D eigenvalue weighted by Crippen LogP contribution is -2.24. The van der Waals surface area contributed by atoms with Gasteiger partial charge in [0, 0.05) is 17.3 Å².